The van der Waals surface area contributed by atoms with Gasteiger partial charge in [-0.3, -0.25) is 4.79 Å². The molecule has 0 bridgehead atoms. The highest BCUT2D eigenvalue weighted by molar-refractivity contribution is 6.60. The first-order valence-electron chi connectivity index (χ1n) is 8.94. The minimum atomic E-state index is -2.61. The first-order valence-corrected chi connectivity index (χ1v) is 10.9. The van der Waals surface area contributed by atoms with E-state index in [1.54, 1.807) is 12.1 Å². The zero-order chi connectivity index (χ0) is 18.5. The summed E-state index contributed by atoms with van der Waals surface area (Å²) >= 11 is 0. The van der Waals surface area contributed by atoms with Gasteiger partial charge in [-0.05, 0) is 45.7 Å². The molecule has 0 saturated carbocycles. The van der Waals surface area contributed by atoms with Crippen molar-refractivity contribution in [2.75, 3.05) is 19.8 Å². The predicted octanol–water partition coefficient (Wildman–Crippen LogP) is 4.34. The monoisotopic (exact) mass is 372 g/mol. The topological polar surface area (TPSA) is 54.0 Å². The molecule has 0 aliphatic heterocycles. The molecule has 0 aromatic heterocycles. The maximum atomic E-state index is 13.4. The molecule has 25 heavy (non-hydrogen) atoms. The molecule has 0 fully saturated rings. The van der Waals surface area contributed by atoms with Gasteiger partial charge in [-0.1, -0.05) is 18.6 Å². The molecule has 0 radical (unpaired) electrons. The second-order valence-corrected chi connectivity index (χ2v) is 8.18. The van der Waals surface area contributed by atoms with Crippen LogP contribution in [0, 0.1) is 5.82 Å². The van der Waals surface area contributed by atoms with Gasteiger partial charge < -0.3 is 18.0 Å². The van der Waals surface area contributed by atoms with Crippen LogP contribution in [0.4, 0.5) is 4.39 Å². The lowest BCUT2D eigenvalue weighted by molar-refractivity contribution is -0.134. The lowest BCUT2D eigenvalue weighted by Crippen LogP contribution is -2.45. The van der Waals surface area contributed by atoms with E-state index in [0.717, 1.165) is 18.9 Å². The van der Waals surface area contributed by atoms with Crippen molar-refractivity contribution in [2.24, 2.45) is 0 Å². The van der Waals surface area contributed by atoms with Gasteiger partial charge in [-0.15, -0.1) is 0 Å². The summed E-state index contributed by atoms with van der Waals surface area (Å²) in [7, 11) is -2.61. The number of halogens is 1. The molecule has 0 amide bonds. The number of hydrogen-bond donors (Lipinski definition) is 0. The summed E-state index contributed by atoms with van der Waals surface area (Å²) in [5.74, 6) is -0.979. The number of para-hydroxylation sites is 1. The van der Waals surface area contributed by atoms with Gasteiger partial charge in [-0.2, -0.15) is 0 Å². The minimum absolute atomic E-state index is 0.0250. The highest BCUT2D eigenvalue weighted by Gasteiger charge is 2.39. The van der Waals surface area contributed by atoms with Crippen molar-refractivity contribution < 1.29 is 27.2 Å². The average molecular weight is 373 g/mol. The zero-order valence-corrected chi connectivity index (χ0v) is 16.4. The summed E-state index contributed by atoms with van der Waals surface area (Å²) in [6.07, 6.45) is 2.59. The van der Waals surface area contributed by atoms with Gasteiger partial charge in [0.2, 0.25) is 0 Å². The third kappa shape index (κ3) is 8.09. The molecule has 0 N–H and O–H groups in total. The zero-order valence-electron chi connectivity index (χ0n) is 15.4. The van der Waals surface area contributed by atoms with Crippen LogP contribution in [0.5, 0.6) is 5.75 Å². The number of carbonyl (C=O) groups excluding carboxylic acids is 1. The van der Waals surface area contributed by atoms with E-state index < -0.39 is 20.6 Å². The van der Waals surface area contributed by atoms with Crippen LogP contribution in [0.25, 0.3) is 0 Å². The second-order valence-electron chi connectivity index (χ2n) is 5.45. The smallest absolute Gasteiger partial charge is 0.423 e. The fourth-order valence-electron chi connectivity index (χ4n) is 2.49. The van der Waals surface area contributed by atoms with Crippen molar-refractivity contribution in [3.63, 3.8) is 0 Å². The van der Waals surface area contributed by atoms with Crippen molar-refractivity contribution in [3.05, 3.63) is 30.1 Å². The Morgan fingerprint density at radius 1 is 0.960 bits per heavy atom. The quantitative estimate of drug-likeness (QED) is 0.223. The molecule has 1 aromatic carbocycles. The number of unbranched alkanes of at least 4 members (excludes halogenated alkanes) is 2. The number of hydrogen-bond acceptors (Lipinski definition) is 5. The highest BCUT2D eigenvalue weighted by Crippen LogP contribution is 2.21. The Balaban J connectivity index is 2.33. The largest absolute Gasteiger partial charge is 0.500 e. The Kier molecular flexibility index (Phi) is 10.6. The standard InChI is InChI=1S/C18H29FO5Si/c1-4-21-25(22-5-2,23-6-3)15-11-7-8-14-18(20)24-17-13-10-9-12-16(17)19/h9-10,12-13H,4-8,11,14-15H2,1-3H3. The summed E-state index contributed by atoms with van der Waals surface area (Å²) in [5, 5.41) is 0. The van der Waals surface area contributed by atoms with E-state index in [1.165, 1.54) is 12.1 Å². The van der Waals surface area contributed by atoms with Crippen LogP contribution in [-0.2, 0) is 18.1 Å². The molecule has 1 rings (SSSR count). The van der Waals surface area contributed by atoms with Gasteiger partial charge in [-0.25, -0.2) is 4.39 Å². The van der Waals surface area contributed by atoms with Gasteiger partial charge in [0.15, 0.2) is 11.6 Å². The molecule has 142 valence electrons. The van der Waals surface area contributed by atoms with Gasteiger partial charge in [0.1, 0.15) is 0 Å². The Labute approximate surface area is 150 Å². The predicted molar refractivity (Wildman–Crippen MR) is 95.9 cm³/mol. The fourth-order valence-corrected chi connectivity index (χ4v) is 5.18. The average Bonchev–Trinajstić information content (AvgIpc) is 2.57. The summed E-state index contributed by atoms with van der Waals surface area (Å²) in [6, 6.07) is 6.62. The lowest BCUT2D eigenvalue weighted by atomic mass is 10.2. The van der Waals surface area contributed by atoms with E-state index in [0.29, 0.717) is 26.2 Å². The van der Waals surface area contributed by atoms with Crippen LogP contribution in [0.15, 0.2) is 24.3 Å². The van der Waals surface area contributed by atoms with Crippen LogP contribution in [0.3, 0.4) is 0 Å². The van der Waals surface area contributed by atoms with E-state index in [1.807, 2.05) is 20.8 Å². The summed E-state index contributed by atoms with van der Waals surface area (Å²) in [6.45, 7) is 7.46. The maximum absolute atomic E-state index is 13.4. The van der Waals surface area contributed by atoms with Crippen LogP contribution in [0.2, 0.25) is 6.04 Å². The SMILES string of the molecule is CCO[Si](CCCCCC(=O)Oc1ccccc1F)(OCC)OCC. The van der Waals surface area contributed by atoms with Crippen LogP contribution < -0.4 is 4.74 Å². The summed E-state index contributed by atoms with van der Waals surface area (Å²) in [4.78, 5) is 11.8. The molecule has 0 saturated heterocycles. The van der Waals surface area contributed by atoms with Gasteiger partial charge in [0.05, 0.1) is 0 Å². The lowest BCUT2D eigenvalue weighted by Gasteiger charge is -2.28. The molecule has 0 aliphatic rings. The first kappa shape index (κ1) is 21.8. The summed E-state index contributed by atoms with van der Waals surface area (Å²) in [5.41, 5.74) is 0. The second kappa shape index (κ2) is 12.1. The van der Waals surface area contributed by atoms with E-state index in [2.05, 4.69) is 0 Å². The van der Waals surface area contributed by atoms with Crippen molar-refractivity contribution in [2.45, 2.75) is 52.5 Å². The van der Waals surface area contributed by atoms with Gasteiger partial charge in [0, 0.05) is 32.3 Å². The third-order valence-corrected chi connectivity index (χ3v) is 6.67. The number of carbonyl (C=O) groups is 1. The molecular formula is C18H29FO5Si. The van der Waals surface area contributed by atoms with E-state index in [4.69, 9.17) is 18.0 Å². The normalized spacial score (nSPS) is 11.5. The van der Waals surface area contributed by atoms with Crippen molar-refractivity contribution in [1.29, 1.82) is 0 Å². The Bertz CT molecular complexity index is 495. The number of benzene rings is 1. The van der Waals surface area contributed by atoms with E-state index in [9.17, 15) is 9.18 Å². The van der Waals surface area contributed by atoms with Crippen LogP contribution >= 0.6 is 0 Å². The van der Waals surface area contributed by atoms with Crippen LogP contribution in [-0.4, -0.2) is 34.6 Å². The Morgan fingerprint density at radius 2 is 1.56 bits per heavy atom. The minimum Gasteiger partial charge on any atom is -0.423 e. The number of rotatable bonds is 13. The fraction of sp³-hybridized carbons (Fsp3) is 0.611. The van der Waals surface area contributed by atoms with Crippen LogP contribution in [0.1, 0.15) is 46.5 Å². The molecule has 0 unspecified atom stereocenters. The Morgan fingerprint density at radius 3 is 2.12 bits per heavy atom. The van der Waals surface area contributed by atoms with Crippen molar-refractivity contribution in [3.8, 4) is 5.75 Å². The highest BCUT2D eigenvalue weighted by atomic mass is 28.4. The third-order valence-electron chi connectivity index (χ3n) is 3.52. The number of esters is 1. The molecule has 0 heterocycles. The van der Waals surface area contributed by atoms with Gasteiger partial charge in [0.25, 0.3) is 0 Å². The molecule has 5 nitrogen and oxygen atoms in total. The molecule has 1 aromatic rings. The molecule has 7 heteroatoms. The molecule has 0 spiro atoms. The molecule has 0 atom stereocenters. The number of ether oxygens (including phenoxy) is 1. The van der Waals surface area contributed by atoms with Crippen molar-refractivity contribution in [1.82, 2.24) is 0 Å². The molecule has 0 aliphatic carbocycles. The maximum Gasteiger partial charge on any atom is 0.500 e. The summed E-state index contributed by atoms with van der Waals surface area (Å²) < 4.78 is 35.8. The van der Waals surface area contributed by atoms with E-state index in [-0.39, 0.29) is 12.2 Å². The van der Waals surface area contributed by atoms with E-state index >= 15 is 0 Å². The Hall–Kier alpha value is -1.28. The molecular weight excluding hydrogens is 343 g/mol. The van der Waals surface area contributed by atoms with Gasteiger partial charge >= 0.3 is 14.8 Å². The first-order chi connectivity index (χ1) is 12.1. The van der Waals surface area contributed by atoms with Crippen molar-refractivity contribution >= 4 is 14.8 Å².